The number of hydrogen-bond acceptors (Lipinski definition) is 5. The lowest BCUT2D eigenvalue weighted by molar-refractivity contribution is -0.385. The summed E-state index contributed by atoms with van der Waals surface area (Å²) < 4.78 is 2.10. The zero-order valence-corrected chi connectivity index (χ0v) is 14.5. The lowest BCUT2D eigenvalue weighted by Crippen LogP contribution is -2.10. The minimum absolute atomic E-state index is 0.0648. The molecule has 1 aromatic heterocycles. The van der Waals surface area contributed by atoms with Crippen molar-refractivity contribution in [2.75, 3.05) is 0 Å². The normalized spacial score (nSPS) is 16.0. The summed E-state index contributed by atoms with van der Waals surface area (Å²) in [4.78, 5) is 10.6. The van der Waals surface area contributed by atoms with Gasteiger partial charge in [0.05, 0.1) is 10.5 Å². The van der Waals surface area contributed by atoms with Crippen LogP contribution in [0.1, 0.15) is 49.4 Å². The van der Waals surface area contributed by atoms with Gasteiger partial charge < -0.3 is 0 Å². The van der Waals surface area contributed by atoms with Gasteiger partial charge in [0, 0.05) is 18.2 Å². The van der Waals surface area contributed by atoms with E-state index < -0.39 is 4.92 Å². The third kappa shape index (κ3) is 4.08. The van der Waals surface area contributed by atoms with Gasteiger partial charge >= 0.3 is 0 Å². The van der Waals surface area contributed by atoms with E-state index in [0.717, 1.165) is 18.7 Å². The highest BCUT2D eigenvalue weighted by Gasteiger charge is 2.21. The first-order valence-corrected chi connectivity index (χ1v) is 8.69. The van der Waals surface area contributed by atoms with Crippen molar-refractivity contribution in [1.29, 1.82) is 0 Å². The summed E-state index contributed by atoms with van der Waals surface area (Å²) in [5.74, 6) is 1.23. The molecule has 1 fully saturated rings. The van der Waals surface area contributed by atoms with E-state index in [0.29, 0.717) is 16.3 Å². The number of rotatable bonds is 5. The van der Waals surface area contributed by atoms with Crippen LogP contribution < -0.4 is 0 Å². The molecule has 3 rings (SSSR count). The highest BCUT2D eigenvalue weighted by molar-refractivity contribution is 7.71. The Morgan fingerprint density at radius 3 is 2.84 bits per heavy atom. The molecule has 0 radical (unpaired) electrons. The number of nitrogens with zero attached hydrogens (tertiary/aromatic N) is 4. The molecule has 1 heterocycles. The Kier molecular flexibility index (Phi) is 5.49. The molecule has 2 aromatic rings. The summed E-state index contributed by atoms with van der Waals surface area (Å²) in [7, 11) is 0. The van der Waals surface area contributed by atoms with Gasteiger partial charge in [0.2, 0.25) is 4.77 Å². The summed E-state index contributed by atoms with van der Waals surface area (Å²) in [6.45, 7) is 0. The topological polar surface area (TPSA) is 89.1 Å². The Bertz CT molecular complexity index is 862. The smallest absolute Gasteiger partial charge is 0.258 e. The molecule has 0 aliphatic heterocycles. The van der Waals surface area contributed by atoms with Gasteiger partial charge in [-0.05, 0) is 43.3 Å². The first-order valence-electron chi connectivity index (χ1n) is 8.28. The second-order valence-corrected chi connectivity index (χ2v) is 6.36. The molecule has 0 atom stereocenters. The van der Waals surface area contributed by atoms with Gasteiger partial charge in [0.1, 0.15) is 0 Å². The molecule has 7 nitrogen and oxygen atoms in total. The van der Waals surface area contributed by atoms with Crippen molar-refractivity contribution >= 4 is 30.2 Å². The highest BCUT2D eigenvalue weighted by Crippen LogP contribution is 2.31. The summed E-state index contributed by atoms with van der Waals surface area (Å²) in [5.41, 5.74) is 0.595. The number of nitro benzene ring substituents is 1. The Morgan fingerprint density at radius 2 is 2.08 bits per heavy atom. The molecule has 1 saturated carbocycles. The van der Waals surface area contributed by atoms with Crippen LogP contribution >= 0.6 is 12.2 Å². The van der Waals surface area contributed by atoms with Gasteiger partial charge in [-0.3, -0.25) is 15.2 Å². The Hall–Kier alpha value is -2.61. The number of para-hydroxylation sites is 1. The number of H-pyrrole nitrogens is 1. The Morgan fingerprint density at radius 1 is 1.32 bits per heavy atom. The zero-order chi connectivity index (χ0) is 17.6. The molecular formula is C17H19N5O2S. The van der Waals surface area contributed by atoms with E-state index in [-0.39, 0.29) is 5.69 Å². The molecule has 130 valence electrons. The first-order chi connectivity index (χ1) is 12.2. The molecule has 0 bridgehead atoms. The molecule has 8 heteroatoms. The number of benzene rings is 1. The largest absolute Gasteiger partial charge is 0.276 e. The molecule has 0 unspecified atom stereocenters. The average molecular weight is 357 g/mol. The van der Waals surface area contributed by atoms with Crippen LogP contribution in [0.3, 0.4) is 0 Å². The van der Waals surface area contributed by atoms with Gasteiger partial charge in [-0.1, -0.05) is 31.4 Å². The van der Waals surface area contributed by atoms with Gasteiger partial charge in [-0.2, -0.15) is 14.9 Å². The van der Waals surface area contributed by atoms with Crippen molar-refractivity contribution < 1.29 is 4.92 Å². The summed E-state index contributed by atoms with van der Waals surface area (Å²) >= 11 is 5.26. The van der Waals surface area contributed by atoms with Crippen molar-refractivity contribution in [3.8, 4) is 0 Å². The number of allylic oxidation sites excluding steroid dienone is 1. The third-order valence-corrected chi connectivity index (χ3v) is 4.59. The number of nitro groups is 1. The number of aromatic amines is 1. The van der Waals surface area contributed by atoms with Crippen molar-refractivity contribution in [2.24, 2.45) is 5.10 Å². The molecule has 25 heavy (non-hydrogen) atoms. The summed E-state index contributed by atoms with van der Waals surface area (Å²) in [5, 5.41) is 22.5. The van der Waals surface area contributed by atoms with Crippen LogP contribution in [-0.4, -0.2) is 26.0 Å². The van der Waals surface area contributed by atoms with Crippen LogP contribution in [0.5, 0.6) is 0 Å². The van der Waals surface area contributed by atoms with Crippen molar-refractivity contribution in [1.82, 2.24) is 14.9 Å². The zero-order valence-electron chi connectivity index (χ0n) is 13.7. The predicted octanol–water partition coefficient (Wildman–Crippen LogP) is 4.44. The van der Waals surface area contributed by atoms with Crippen LogP contribution in [0, 0.1) is 14.9 Å². The highest BCUT2D eigenvalue weighted by atomic mass is 32.1. The van der Waals surface area contributed by atoms with Gasteiger partial charge in [0.15, 0.2) is 5.82 Å². The number of aromatic nitrogens is 3. The van der Waals surface area contributed by atoms with Gasteiger partial charge in [-0.25, -0.2) is 0 Å². The minimum Gasteiger partial charge on any atom is -0.258 e. The maximum Gasteiger partial charge on any atom is 0.276 e. The quantitative estimate of drug-likeness (QED) is 0.371. The summed E-state index contributed by atoms with van der Waals surface area (Å²) in [6, 6.07) is 6.57. The van der Waals surface area contributed by atoms with Crippen molar-refractivity contribution in [3.63, 3.8) is 0 Å². The molecule has 1 aliphatic carbocycles. The van der Waals surface area contributed by atoms with E-state index in [1.54, 1.807) is 41.2 Å². The fourth-order valence-corrected chi connectivity index (χ4v) is 3.27. The monoisotopic (exact) mass is 357 g/mol. The van der Waals surface area contributed by atoms with Crippen LogP contribution in [0.2, 0.25) is 0 Å². The van der Waals surface area contributed by atoms with E-state index >= 15 is 0 Å². The molecule has 1 aromatic carbocycles. The third-order valence-electron chi connectivity index (χ3n) is 4.32. The molecule has 0 spiro atoms. The molecular weight excluding hydrogens is 338 g/mol. The van der Waals surface area contributed by atoms with Crippen molar-refractivity contribution in [2.45, 2.75) is 38.0 Å². The maximum atomic E-state index is 11.0. The lowest BCUT2D eigenvalue weighted by atomic mass is 9.89. The van der Waals surface area contributed by atoms with E-state index in [1.165, 1.54) is 25.3 Å². The predicted molar refractivity (Wildman–Crippen MR) is 99.3 cm³/mol. The molecule has 1 N–H and O–H groups in total. The number of nitrogens with one attached hydrogen (secondary N) is 1. The second kappa shape index (κ2) is 7.98. The van der Waals surface area contributed by atoms with Gasteiger partial charge in [0.25, 0.3) is 5.69 Å². The minimum atomic E-state index is -0.399. The molecule has 1 aliphatic rings. The summed E-state index contributed by atoms with van der Waals surface area (Å²) in [6.07, 6.45) is 10.8. The van der Waals surface area contributed by atoms with E-state index in [9.17, 15) is 10.1 Å². The Balaban J connectivity index is 1.78. The number of hydrogen-bond donors (Lipinski definition) is 1. The first kappa shape index (κ1) is 17.2. The standard InChI is InChI=1S/C17H19N5O2S/c23-22(24)15-11-5-4-7-13(15)10-6-12-18-21-16(19-20-17(21)25)14-8-2-1-3-9-14/h4-7,10-12,14H,1-3,8-9H2,(H,20,25)/b10-6-,18-12-. The van der Waals surface area contributed by atoms with E-state index in [4.69, 9.17) is 12.2 Å². The van der Waals surface area contributed by atoms with Gasteiger partial charge in [-0.15, -0.1) is 0 Å². The fourth-order valence-electron chi connectivity index (χ4n) is 3.09. The molecule has 0 saturated heterocycles. The van der Waals surface area contributed by atoms with E-state index in [2.05, 4.69) is 15.3 Å². The van der Waals surface area contributed by atoms with Crippen LogP contribution in [0.25, 0.3) is 6.08 Å². The lowest BCUT2D eigenvalue weighted by Gasteiger charge is -2.19. The van der Waals surface area contributed by atoms with Crippen LogP contribution in [-0.2, 0) is 0 Å². The maximum absolute atomic E-state index is 11.0. The van der Waals surface area contributed by atoms with Crippen LogP contribution in [0.15, 0.2) is 35.4 Å². The second-order valence-electron chi connectivity index (χ2n) is 5.97. The van der Waals surface area contributed by atoms with Crippen molar-refractivity contribution in [3.05, 3.63) is 56.6 Å². The van der Waals surface area contributed by atoms with E-state index in [1.807, 2.05) is 0 Å². The molecule has 0 amide bonds. The van der Waals surface area contributed by atoms with Crippen LogP contribution in [0.4, 0.5) is 5.69 Å². The fraction of sp³-hybridized carbons (Fsp3) is 0.353. The average Bonchev–Trinajstić information content (AvgIpc) is 3.00. The SMILES string of the molecule is O=[N+]([O-])c1ccccc1/C=C\C=N/n1c(C2CCCCC2)n[nH]c1=S. The Labute approximate surface area is 150 Å².